The first-order valence-corrected chi connectivity index (χ1v) is 7.58. The van der Waals surface area contributed by atoms with Gasteiger partial charge in [-0.15, -0.1) is 0 Å². The Morgan fingerprint density at radius 2 is 1.95 bits per heavy atom. The summed E-state index contributed by atoms with van der Waals surface area (Å²) in [6.07, 6.45) is -0.151. The predicted octanol–water partition coefficient (Wildman–Crippen LogP) is 3.96. The van der Waals surface area contributed by atoms with E-state index in [1.54, 1.807) is 6.07 Å². The fourth-order valence-electron chi connectivity index (χ4n) is 2.74. The Morgan fingerprint density at radius 1 is 1.14 bits per heavy atom. The van der Waals surface area contributed by atoms with Crippen molar-refractivity contribution < 1.29 is 17.9 Å². The van der Waals surface area contributed by atoms with Crippen LogP contribution in [-0.2, 0) is 6.18 Å². The molecule has 1 saturated carbocycles. The number of piperidine rings is 1. The molecule has 1 aromatic carbocycles. The highest BCUT2D eigenvalue weighted by Crippen LogP contribution is 2.37. The monoisotopic (exact) mass is 299 g/mol. The molecule has 1 aliphatic carbocycles. The number of hydrogen-bond acceptors (Lipinski definition) is 2. The first kappa shape index (κ1) is 14.7. The van der Waals surface area contributed by atoms with Crippen LogP contribution < -0.4 is 10.1 Å². The standard InChI is InChI=1S/C16H20F3NO/c17-16(18,19)14-6-13(12-2-1-5-20-9-12)7-15(8-14)21-10-11-3-4-11/h6-8,11-12,20H,1-5,9-10H2. The van der Waals surface area contributed by atoms with Crippen LogP contribution in [0.4, 0.5) is 13.2 Å². The van der Waals surface area contributed by atoms with Gasteiger partial charge in [-0.25, -0.2) is 0 Å². The molecular weight excluding hydrogens is 279 g/mol. The van der Waals surface area contributed by atoms with Gasteiger partial charge in [-0.2, -0.15) is 13.2 Å². The van der Waals surface area contributed by atoms with Gasteiger partial charge < -0.3 is 10.1 Å². The van der Waals surface area contributed by atoms with Crippen molar-refractivity contribution in [2.75, 3.05) is 19.7 Å². The van der Waals surface area contributed by atoms with Gasteiger partial charge in [-0.3, -0.25) is 0 Å². The number of halogens is 3. The van der Waals surface area contributed by atoms with Crippen molar-refractivity contribution in [1.29, 1.82) is 0 Å². The third-order valence-electron chi connectivity index (χ3n) is 4.21. The number of rotatable bonds is 4. The summed E-state index contributed by atoms with van der Waals surface area (Å²) in [7, 11) is 0. The molecule has 1 aromatic rings. The normalized spacial score (nSPS) is 23.1. The van der Waals surface area contributed by atoms with Gasteiger partial charge in [0.05, 0.1) is 12.2 Å². The number of nitrogens with one attached hydrogen (secondary N) is 1. The van der Waals surface area contributed by atoms with Crippen LogP contribution in [0.2, 0.25) is 0 Å². The number of alkyl halides is 3. The zero-order chi connectivity index (χ0) is 14.9. The average molecular weight is 299 g/mol. The predicted molar refractivity (Wildman–Crippen MR) is 74.5 cm³/mol. The topological polar surface area (TPSA) is 21.3 Å². The lowest BCUT2D eigenvalue weighted by Gasteiger charge is -2.24. The summed E-state index contributed by atoms with van der Waals surface area (Å²) >= 11 is 0. The fraction of sp³-hybridized carbons (Fsp3) is 0.625. The van der Waals surface area contributed by atoms with Gasteiger partial charge in [0.1, 0.15) is 5.75 Å². The van der Waals surface area contributed by atoms with Gasteiger partial charge in [-0.05, 0) is 67.8 Å². The van der Waals surface area contributed by atoms with Crippen molar-refractivity contribution in [2.45, 2.75) is 37.8 Å². The number of ether oxygens (including phenoxy) is 1. The van der Waals surface area contributed by atoms with Crippen LogP contribution >= 0.6 is 0 Å². The molecule has 3 rings (SSSR count). The summed E-state index contributed by atoms with van der Waals surface area (Å²) < 4.78 is 44.7. The quantitative estimate of drug-likeness (QED) is 0.908. The van der Waals surface area contributed by atoms with E-state index in [2.05, 4.69) is 5.32 Å². The maximum absolute atomic E-state index is 13.1. The highest BCUT2D eigenvalue weighted by molar-refractivity contribution is 5.38. The fourth-order valence-corrected chi connectivity index (χ4v) is 2.74. The summed E-state index contributed by atoms with van der Waals surface area (Å²) in [5.74, 6) is 1.03. The van der Waals surface area contributed by atoms with Gasteiger partial charge in [0.2, 0.25) is 0 Å². The Labute approximate surface area is 122 Å². The summed E-state index contributed by atoms with van der Waals surface area (Å²) in [6.45, 7) is 2.22. The van der Waals surface area contributed by atoms with E-state index in [4.69, 9.17) is 4.74 Å². The molecular formula is C16H20F3NO. The van der Waals surface area contributed by atoms with E-state index < -0.39 is 11.7 Å². The molecule has 1 unspecified atom stereocenters. The first-order valence-electron chi connectivity index (χ1n) is 7.58. The Bertz CT molecular complexity index is 491. The highest BCUT2D eigenvalue weighted by atomic mass is 19.4. The lowest BCUT2D eigenvalue weighted by Crippen LogP contribution is -2.28. The van der Waals surface area contributed by atoms with Crippen molar-refractivity contribution in [3.8, 4) is 5.75 Å². The smallest absolute Gasteiger partial charge is 0.416 e. The molecule has 1 N–H and O–H groups in total. The molecule has 21 heavy (non-hydrogen) atoms. The van der Waals surface area contributed by atoms with Gasteiger partial charge in [-0.1, -0.05) is 0 Å². The third-order valence-corrected chi connectivity index (χ3v) is 4.21. The van der Waals surface area contributed by atoms with E-state index in [0.29, 0.717) is 18.3 Å². The molecule has 0 bridgehead atoms. The van der Waals surface area contributed by atoms with Crippen LogP contribution in [0.5, 0.6) is 5.75 Å². The molecule has 2 fully saturated rings. The van der Waals surface area contributed by atoms with Crippen LogP contribution in [0.1, 0.15) is 42.7 Å². The van der Waals surface area contributed by atoms with Crippen molar-refractivity contribution in [3.63, 3.8) is 0 Å². The van der Waals surface area contributed by atoms with Gasteiger partial charge in [0.15, 0.2) is 0 Å². The molecule has 116 valence electrons. The SMILES string of the molecule is FC(F)(F)c1cc(OCC2CC2)cc(C2CCCNC2)c1. The highest BCUT2D eigenvalue weighted by Gasteiger charge is 2.32. The minimum absolute atomic E-state index is 0.143. The van der Waals surface area contributed by atoms with Crippen LogP contribution in [0.3, 0.4) is 0 Å². The molecule has 1 heterocycles. The van der Waals surface area contributed by atoms with E-state index >= 15 is 0 Å². The number of benzene rings is 1. The lowest BCUT2D eigenvalue weighted by molar-refractivity contribution is -0.137. The minimum atomic E-state index is -4.32. The Hall–Kier alpha value is -1.23. The second-order valence-electron chi connectivity index (χ2n) is 6.09. The second-order valence-corrected chi connectivity index (χ2v) is 6.09. The molecule has 1 aliphatic heterocycles. The Kier molecular flexibility index (Phi) is 4.11. The van der Waals surface area contributed by atoms with E-state index in [-0.39, 0.29) is 5.92 Å². The van der Waals surface area contributed by atoms with E-state index in [9.17, 15) is 13.2 Å². The molecule has 1 saturated heterocycles. The molecule has 0 radical (unpaired) electrons. The maximum Gasteiger partial charge on any atom is 0.416 e. The van der Waals surface area contributed by atoms with Crippen molar-refractivity contribution in [2.24, 2.45) is 5.92 Å². The van der Waals surface area contributed by atoms with E-state index in [1.165, 1.54) is 6.07 Å². The first-order chi connectivity index (χ1) is 10.0. The van der Waals surface area contributed by atoms with Crippen LogP contribution in [0.25, 0.3) is 0 Å². The summed E-state index contributed by atoms with van der Waals surface area (Å²) in [4.78, 5) is 0. The molecule has 1 atom stereocenters. The van der Waals surface area contributed by atoms with Crippen LogP contribution in [-0.4, -0.2) is 19.7 Å². The van der Waals surface area contributed by atoms with Crippen molar-refractivity contribution in [1.82, 2.24) is 5.32 Å². The van der Waals surface area contributed by atoms with Crippen molar-refractivity contribution in [3.05, 3.63) is 29.3 Å². The molecule has 2 nitrogen and oxygen atoms in total. The molecule has 2 aliphatic rings. The van der Waals surface area contributed by atoms with Crippen LogP contribution in [0, 0.1) is 5.92 Å². The van der Waals surface area contributed by atoms with E-state index in [0.717, 1.165) is 50.4 Å². The maximum atomic E-state index is 13.1. The largest absolute Gasteiger partial charge is 0.493 e. The average Bonchev–Trinajstić information content (AvgIpc) is 3.29. The zero-order valence-corrected chi connectivity index (χ0v) is 11.9. The second kappa shape index (κ2) is 5.87. The third kappa shape index (κ3) is 3.90. The van der Waals surface area contributed by atoms with E-state index in [1.807, 2.05) is 0 Å². The molecule has 5 heteroatoms. The number of hydrogen-bond donors (Lipinski definition) is 1. The van der Waals surface area contributed by atoms with Gasteiger partial charge in [0, 0.05) is 6.54 Å². The van der Waals surface area contributed by atoms with Crippen molar-refractivity contribution >= 4 is 0 Å². The summed E-state index contributed by atoms with van der Waals surface area (Å²) in [6, 6.07) is 4.19. The summed E-state index contributed by atoms with van der Waals surface area (Å²) in [5, 5.41) is 3.25. The van der Waals surface area contributed by atoms with Gasteiger partial charge in [0.25, 0.3) is 0 Å². The lowest BCUT2D eigenvalue weighted by atomic mass is 9.90. The minimum Gasteiger partial charge on any atom is -0.493 e. The zero-order valence-electron chi connectivity index (χ0n) is 11.9. The molecule has 0 amide bonds. The molecule has 0 aromatic heterocycles. The van der Waals surface area contributed by atoms with Crippen LogP contribution in [0.15, 0.2) is 18.2 Å². The van der Waals surface area contributed by atoms with Gasteiger partial charge >= 0.3 is 6.18 Å². The Morgan fingerprint density at radius 3 is 2.57 bits per heavy atom. The summed E-state index contributed by atoms with van der Waals surface area (Å²) in [5.41, 5.74) is 0.138. The Balaban J connectivity index is 1.83. The molecule has 0 spiro atoms.